The van der Waals surface area contributed by atoms with E-state index in [9.17, 15) is 18.0 Å². The molecule has 37 heavy (non-hydrogen) atoms. The molecule has 0 aliphatic carbocycles. The highest BCUT2D eigenvalue weighted by atomic mass is 32.2. The molecular weight excluding hydrogens is 492 g/mol. The van der Waals surface area contributed by atoms with Gasteiger partial charge in [0.2, 0.25) is 5.91 Å². The van der Waals surface area contributed by atoms with E-state index >= 15 is 0 Å². The second-order valence-corrected chi connectivity index (χ2v) is 10.7. The summed E-state index contributed by atoms with van der Waals surface area (Å²) in [5.41, 5.74) is 1.07. The molecular formula is C27H28N4O5S. The molecule has 1 aromatic heterocycles. The lowest BCUT2D eigenvalue weighted by Gasteiger charge is -2.34. The summed E-state index contributed by atoms with van der Waals surface area (Å²) in [6.07, 6.45) is 0. The van der Waals surface area contributed by atoms with E-state index in [1.165, 1.54) is 41.5 Å². The summed E-state index contributed by atoms with van der Waals surface area (Å²) in [7, 11) is -2.71. The predicted octanol–water partition coefficient (Wildman–Crippen LogP) is 2.39. The molecule has 0 saturated carbocycles. The highest BCUT2D eigenvalue weighted by Gasteiger charge is 2.28. The summed E-state index contributed by atoms with van der Waals surface area (Å²) in [6.45, 7) is 3.13. The number of nitrogens with zero attached hydrogens (tertiary/aromatic N) is 4. The SMILES string of the molecule is COc1ccc(S(=O)(=O)n2c(=O)n(CC(=O)N3CCN(Cc4ccccc4)CC3)c3ccccc32)cc1. The number of piperazine rings is 1. The van der Waals surface area contributed by atoms with Crippen molar-refractivity contribution in [2.45, 2.75) is 18.0 Å². The second kappa shape index (κ2) is 10.2. The van der Waals surface area contributed by atoms with Crippen LogP contribution in [0.5, 0.6) is 5.75 Å². The number of carbonyl (C=O) groups is 1. The molecule has 0 bridgehead atoms. The van der Waals surface area contributed by atoms with Crippen LogP contribution < -0.4 is 10.4 Å². The topological polar surface area (TPSA) is 93.8 Å². The van der Waals surface area contributed by atoms with Crippen LogP contribution in [0.15, 0.2) is 88.6 Å². The van der Waals surface area contributed by atoms with Crippen LogP contribution in [-0.4, -0.2) is 66.0 Å². The van der Waals surface area contributed by atoms with Crippen molar-refractivity contribution in [3.8, 4) is 5.75 Å². The zero-order valence-corrected chi connectivity index (χ0v) is 21.3. The van der Waals surface area contributed by atoms with Gasteiger partial charge in [-0.2, -0.15) is 3.97 Å². The molecule has 1 aliphatic heterocycles. The van der Waals surface area contributed by atoms with Crippen LogP contribution in [0.2, 0.25) is 0 Å². The summed E-state index contributed by atoms with van der Waals surface area (Å²) in [4.78, 5) is 30.6. The molecule has 0 unspecified atom stereocenters. The Hall–Kier alpha value is -3.89. The minimum atomic E-state index is -4.20. The minimum absolute atomic E-state index is 0.0424. The highest BCUT2D eigenvalue weighted by Crippen LogP contribution is 2.22. The van der Waals surface area contributed by atoms with E-state index in [1.54, 1.807) is 29.2 Å². The van der Waals surface area contributed by atoms with Crippen molar-refractivity contribution in [2.75, 3.05) is 33.3 Å². The van der Waals surface area contributed by atoms with Crippen LogP contribution in [0.4, 0.5) is 0 Å². The van der Waals surface area contributed by atoms with Gasteiger partial charge in [0.25, 0.3) is 10.0 Å². The molecule has 2 heterocycles. The first-order valence-electron chi connectivity index (χ1n) is 12.0. The quantitative estimate of drug-likeness (QED) is 0.372. The van der Waals surface area contributed by atoms with Crippen molar-refractivity contribution in [1.82, 2.24) is 18.3 Å². The largest absolute Gasteiger partial charge is 0.497 e. The lowest BCUT2D eigenvalue weighted by atomic mass is 10.2. The third-order valence-electron chi connectivity index (χ3n) is 6.66. The molecule has 1 fully saturated rings. The maximum atomic E-state index is 13.5. The van der Waals surface area contributed by atoms with Crippen LogP contribution >= 0.6 is 0 Å². The maximum absolute atomic E-state index is 13.5. The zero-order chi connectivity index (χ0) is 26.0. The van der Waals surface area contributed by atoms with Crippen molar-refractivity contribution >= 4 is 27.0 Å². The van der Waals surface area contributed by atoms with E-state index in [1.807, 2.05) is 18.2 Å². The summed E-state index contributed by atoms with van der Waals surface area (Å²) in [5, 5.41) is 0. The third-order valence-corrected chi connectivity index (χ3v) is 8.36. The minimum Gasteiger partial charge on any atom is -0.497 e. The Morgan fingerprint density at radius 3 is 2.11 bits per heavy atom. The summed E-state index contributed by atoms with van der Waals surface area (Å²) in [6, 6.07) is 22.6. The molecule has 1 amide bonds. The van der Waals surface area contributed by atoms with E-state index in [2.05, 4.69) is 17.0 Å². The fraction of sp³-hybridized carbons (Fsp3) is 0.259. The van der Waals surface area contributed by atoms with Gasteiger partial charge in [0.15, 0.2) is 0 Å². The van der Waals surface area contributed by atoms with Gasteiger partial charge >= 0.3 is 5.69 Å². The fourth-order valence-electron chi connectivity index (χ4n) is 4.65. The first kappa shape index (κ1) is 24.8. The molecule has 0 atom stereocenters. The Labute approximate surface area is 215 Å². The van der Waals surface area contributed by atoms with E-state index in [4.69, 9.17) is 4.74 Å². The van der Waals surface area contributed by atoms with Crippen LogP contribution in [-0.2, 0) is 27.9 Å². The molecule has 4 aromatic rings. The second-order valence-electron chi connectivity index (χ2n) is 8.94. The van der Waals surface area contributed by atoms with Crippen molar-refractivity contribution in [1.29, 1.82) is 0 Å². The zero-order valence-electron chi connectivity index (χ0n) is 20.5. The Morgan fingerprint density at radius 2 is 1.46 bits per heavy atom. The van der Waals surface area contributed by atoms with Gasteiger partial charge in [-0.25, -0.2) is 13.2 Å². The molecule has 0 radical (unpaired) electrons. The van der Waals surface area contributed by atoms with Gasteiger partial charge in [-0.15, -0.1) is 0 Å². The Bertz CT molecular complexity index is 1570. The molecule has 1 aliphatic rings. The number of fused-ring (bicyclic) bond motifs is 1. The Morgan fingerprint density at radius 1 is 0.838 bits per heavy atom. The van der Waals surface area contributed by atoms with Gasteiger partial charge in [-0.3, -0.25) is 14.3 Å². The van der Waals surface area contributed by atoms with Gasteiger partial charge < -0.3 is 9.64 Å². The number of imidazole rings is 1. The number of hydrogen-bond acceptors (Lipinski definition) is 6. The lowest BCUT2D eigenvalue weighted by Crippen LogP contribution is -2.49. The first-order chi connectivity index (χ1) is 17.9. The van der Waals surface area contributed by atoms with Crippen LogP contribution in [0.1, 0.15) is 5.56 Å². The van der Waals surface area contributed by atoms with E-state index in [0.29, 0.717) is 24.4 Å². The Balaban J connectivity index is 1.37. The number of carbonyl (C=O) groups excluding carboxylic acids is 1. The van der Waals surface area contributed by atoms with Gasteiger partial charge in [-0.1, -0.05) is 42.5 Å². The van der Waals surface area contributed by atoms with E-state index in [0.717, 1.165) is 23.6 Å². The standard InChI is InChI=1S/C27H28N4O5S/c1-36-22-11-13-23(14-12-22)37(34,35)31-25-10-6-5-9-24(25)30(27(31)33)20-26(32)29-17-15-28(16-18-29)19-21-7-3-2-4-8-21/h2-14H,15-20H2,1H3. The molecule has 5 rings (SSSR count). The van der Waals surface area contributed by atoms with Gasteiger partial charge in [-0.05, 0) is 42.0 Å². The normalized spacial score (nSPS) is 14.7. The average Bonchev–Trinajstić information content (AvgIpc) is 3.21. The predicted molar refractivity (Wildman–Crippen MR) is 140 cm³/mol. The number of rotatable bonds is 7. The van der Waals surface area contributed by atoms with Gasteiger partial charge in [0, 0.05) is 32.7 Å². The summed E-state index contributed by atoms with van der Waals surface area (Å²) < 4.78 is 34.1. The number of amides is 1. The van der Waals surface area contributed by atoms with Crippen molar-refractivity contribution in [3.05, 3.63) is 94.9 Å². The number of benzene rings is 3. The highest BCUT2D eigenvalue weighted by molar-refractivity contribution is 7.90. The first-order valence-corrected chi connectivity index (χ1v) is 13.5. The van der Waals surface area contributed by atoms with Crippen LogP contribution in [0.25, 0.3) is 11.0 Å². The number of hydrogen-bond donors (Lipinski definition) is 0. The fourth-order valence-corrected chi connectivity index (χ4v) is 6.06. The van der Waals surface area contributed by atoms with Crippen LogP contribution in [0.3, 0.4) is 0 Å². The van der Waals surface area contributed by atoms with Crippen molar-refractivity contribution in [3.63, 3.8) is 0 Å². The van der Waals surface area contributed by atoms with Crippen molar-refractivity contribution in [2.24, 2.45) is 0 Å². The molecule has 10 heteroatoms. The molecule has 9 nitrogen and oxygen atoms in total. The molecule has 1 saturated heterocycles. The molecule has 0 N–H and O–H groups in total. The van der Waals surface area contributed by atoms with Gasteiger partial charge in [0.05, 0.1) is 23.0 Å². The number of aromatic nitrogens is 2. The lowest BCUT2D eigenvalue weighted by molar-refractivity contribution is -0.133. The smallest absolute Gasteiger partial charge is 0.343 e. The number of para-hydroxylation sites is 2. The molecule has 192 valence electrons. The molecule has 0 spiro atoms. The van der Waals surface area contributed by atoms with Crippen LogP contribution in [0, 0.1) is 0 Å². The maximum Gasteiger partial charge on any atom is 0.343 e. The van der Waals surface area contributed by atoms with Gasteiger partial charge in [0.1, 0.15) is 12.3 Å². The Kier molecular flexibility index (Phi) is 6.86. The average molecular weight is 521 g/mol. The summed E-state index contributed by atoms with van der Waals surface area (Å²) >= 11 is 0. The number of methoxy groups -OCH3 is 1. The van der Waals surface area contributed by atoms with Crippen molar-refractivity contribution < 1.29 is 17.9 Å². The number of ether oxygens (including phenoxy) is 1. The third kappa shape index (κ3) is 4.90. The summed E-state index contributed by atoms with van der Waals surface area (Å²) in [5.74, 6) is 0.286. The monoisotopic (exact) mass is 520 g/mol. The molecule has 3 aromatic carbocycles. The van der Waals surface area contributed by atoms with E-state index < -0.39 is 15.7 Å². The van der Waals surface area contributed by atoms with E-state index in [-0.39, 0.29) is 22.9 Å².